The van der Waals surface area contributed by atoms with Crippen LogP contribution in [0.5, 0.6) is 0 Å². The van der Waals surface area contributed by atoms with E-state index in [2.05, 4.69) is 16.0 Å². The van der Waals surface area contributed by atoms with Crippen LogP contribution in [0.2, 0.25) is 0 Å². The van der Waals surface area contributed by atoms with Crippen molar-refractivity contribution in [2.75, 3.05) is 19.6 Å². The van der Waals surface area contributed by atoms with Crippen LogP contribution in [0, 0.1) is 5.92 Å². The van der Waals surface area contributed by atoms with Crippen LogP contribution >= 0.6 is 0 Å². The van der Waals surface area contributed by atoms with Crippen LogP contribution in [-0.4, -0.2) is 88.9 Å². The van der Waals surface area contributed by atoms with Crippen molar-refractivity contribution in [2.45, 2.75) is 108 Å². The maximum atomic E-state index is 13.9. The fraction of sp³-hybridized carbons (Fsp3) is 0.583. The first-order chi connectivity index (χ1) is 23.3. The molecule has 2 aliphatic rings. The van der Waals surface area contributed by atoms with E-state index in [1.54, 1.807) is 0 Å². The second kappa shape index (κ2) is 19.2. The van der Waals surface area contributed by atoms with Gasteiger partial charge in [-0.05, 0) is 82.2 Å². The van der Waals surface area contributed by atoms with E-state index in [-0.39, 0.29) is 44.2 Å². The molecule has 1 aliphatic heterocycles. The molecule has 0 radical (unpaired) electrons. The molecular weight excluding hydrogens is 626 g/mol. The number of rotatable bonds is 18. The number of carboxylic acids is 1. The number of unbranched alkanes of at least 4 members (excludes halogenated alkanes) is 1. The largest absolute Gasteiger partial charge is 0.480 e. The van der Waals surface area contributed by atoms with E-state index in [1.165, 1.54) is 4.90 Å². The lowest BCUT2D eigenvalue weighted by atomic mass is 9.88. The van der Waals surface area contributed by atoms with Crippen LogP contribution in [0.4, 0.5) is 0 Å². The summed E-state index contributed by atoms with van der Waals surface area (Å²) >= 11 is 0. The molecule has 13 nitrogen and oxygen atoms in total. The van der Waals surface area contributed by atoms with Crippen LogP contribution in [-0.2, 0) is 30.4 Å². The third kappa shape index (κ3) is 12.4. The van der Waals surface area contributed by atoms with E-state index in [0.717, 1.165) is 24.0 Å². The molecule has 0 unspecified atom stereocenters. The van der Waals surface area contributed by atoms with E-state index in [1.807, 2.05) is 62.4 Å². The molecule has 1 fully saturated rings. The van der Waals surface area contributed by atoms with Gasteiger partial charge in [0.05, 0.1) is 6.04 Å². The van der Waals surface area contributed by atoms with E-state index >= 15 is 0 Å². The van der Waals surface area contributed by atoms with Crippen LogP contribution in [0.1, 0.15) is 77.2 Å². The van der Waals surface area contributed by atoms with Gasteiger partial charge < -0.3 is 43.2 Å². The van der Waals surface area contributed by atoms with Gasteiger partial charge in [-0.25, -0.2) is 0 Å². The van der Waals surface area contributed by atoms with E-state index < -0.39 is 53.4 Å². The number of likely N-dealkylation sites (tertiary alicyclic amines) is 1. The Balaban J connectivity index is 1.76. The van der Waals surface area contributed by atoms with Crippen LogP contribution in [0.15, 0.2) is 54.1 Å². The summed E-state index contributed by atoms with van der Waals surface area (Å²) in [5.41, 5.74) is 18.4. The van der Waals surface area contributed by atoms with Crippen molar-refractivity contribution in [1.82, 2.24) is 20.9 Å². The minimum atomic E-state index is -1.40. The Labute approximate surface area is 289 Å². The number of piperidine rings is 1. The Morgan fingerprint density at radius 3 is 2.12 bits per heavy atom. The lowest BCUT2D eigenvalue weighted by Crippen LogP contribution is -2.60. The second-order valence-corrected chi connectivity index (χ2v) is 13.7. The van der Waals surface area contributed by atoms with Gasteiger partial charge in [0.1, 0.15) is 23.7 Å². The summed E-state index contributed by atoms with van der Waals surface area (Å²) in [5, 5.41) is 18.1. The molecule has 1 heterocycles. The van der Waals surface area contributed by atoms with Gasteiger partial charge in [-0.15, -0.1) is 0 Å². The van der Waals surface area contributed by atoms with Gasteiger partial charge in [0, 0.05) is 13.1 Å². The van der Waals surface area contributed by atoms with Crippen LogP contribution in [0.25, 0.3) is 0 Å². The number of nitrogens with one attached hydrogen (secondary N) is 3. The molecule has 0 aromatic heterocycles. The number of nitrogens with two attached hydrogens (primary N) is 3. The maximum Gasteiger partial charge on any atom is 0.323 e. The minimum absolute atomic E-state index is 0.0109. The van der Waals surface area contributed by atoms with Gasteiger partial charge in [-0.1, -0.05) is 68.0 Å². The van der Waals surface area contributed by atoms with E-state index in [0.29, 0.717) is 38.6 Å². The fourth-order valence-electron chi connectivity index (χ4n) is 6.09. The van der Waals surface area contributed by atoms with Crippen LogP contribution in [0.3, 0.4) is 0 Å². The quantitative estimate of drug-likeness (QED) is 0.111. The summed E-state index contributed by atoms with van der Waals surface area (Å²) in [6.07, 6.45) is 10.0. The molecule has 49 heavy (non-hydrogen) atoms. The van der Waals surface area contributed by atoms with Crippen molar-refractivity contribution in [3.63, 3.8) is 0 Å². The van der Waals surface area contributed by atoms with Gasteiger partial charge in [0.15, 0.2) is 0 Å². The molecular formula is C36H55N7O6. The number of carbonyl (C=O) groups is 5. The SMILES string of the molecule is CC(C)C[C@@H](NC(=O)[C@@H](CC1=CC=CCC1)NC(=O)[C@H](N)Cc1ccccc1)C(=O)N[C@H](CCCCN)C(=O)N1CCC(N)(C(=O)O)CC1. The van der Waals surface area contributed by atoms with Crippen molar-refractivity contribution in [3.8, 4) is 0 Å². The number of aliphatic carboxylic acids is 1. The molecule has 10 N–H and O–H groups in total. The highest BCUT2D eigenvalue weighted by Crippen LogP contribution is 2.22. The van der Waals surface area contributed by atoms with Gasteiger partial charge in [-0.2, -0.15) is 0 Å². The fourth-order valence-corrected chi connectivity index (χ4v) is 6.09. The smallest absolute Gasteiger partial charge is 0.323 e. The topological polar surface area (TPSA) is 223 Å². The zero-order valence-electron chi connectivity index (χ0n) is 28.9. The lowest BCUT2D eigenvalue weighted by Gasteiger charge is -2.38. The zero-order valence-corrected chi connectivity index (χ0v) is 28.9. The number of allylic oxidation sites excluding steroid dienone is 3. The van der Waals surface area contributed by atoms with E-state index in [4.69, 9.17) is 17.2 Å². The first-order valence-electron chi connectivity index (χ1n) is 17.4. The van der Waals surface area contributed by atoms with Crippen molar-refractivity contribution in [3.05, 3.63) is 59.7 Å². The number of benzene rings is 1. The normalized spacial score (nSPS) is 18.1. The minimum Gasteiger partial charge on any atom is -0.480 e. The first-order valence-corrected chi connectivity index (χ1v) is 17.4. The van der Waals surface area contributed by atoms with Gasteiger partial charge in [0.25, 0.3) is 0 Å². The Hall–Kier alpha value is -4.07. The molecule has 0 bridgehead atoms. The summed E-state index contributed by atoms with van der Waals surface area (Å²) in [5.74, 6) is -2.94. The molecule has 3 rings (SSSR count). The third-order valence-corrected chi connectivity index (χ3v) is 9.13. The molecule has 1 aliphatic carbocycles. The number of hydrogen-bond acceptors (Lipinski definition) is 8. The van der Waals surface area contributed by atoms with E-state index in [9.17, 15) is 29.1 Å². The Morgan fingerprint density at radius 2 is 1.53 bits per heavy atom. The highest BCUT2D eigenvalue weighted by Gasteiger charge is 2.40. The average Bonchev–Trinajstić information content (AvgIpc) is 3.07. The lowest BCUT2D eigenvalue weighted by molar-refractivity contribution is -0.148. The number of nitrogens with zero attached hydrogens (tertiary/aromatic N) is 1. The third-order valence-electron chi connectivity index (χ3n) is 9.13. The molecule has 0 saturated carbocycles. The van der Waals surface area contributed by atoms with Gasteiger partial charge in [0.2, 0.25) is 23.6 Å². The summed E-state index contributed by atoms with van der Waals surface area (Å²) < 4.78 is 0. The van der Waals surface area contributed by atoms with Crippen LogP contribution < -0.4 is 33.2 Å². The number of amides is 4. The predicted molar refractivity (Wildman–Crippen MR) is 188 cm³/mol. The number of carbonyl (C=O) groups excluding carboxylic acids is 4. The molecule has 1 aromatic carbocycles. The zero-order chi connectivity index (χ0) is 36.0. The molecule has 270 valence electrons. The number of hydrogen-bond donors (Lipinski definition) is 7. The van der Waals surface area contributed by atoms with Crippen molar-refractivity contribution < 1.29 is 29.1 Å². The molecule has 13 heteroatoms. The Morgan fingerprint density at radius 1 is 0.898 bits per heavy atom. The molecule has 4 amide bonds. The van der Waals surface area contributed by atoms with Crippen molar-refractivity contribution in [1.29, 1.82) is 0 Å². The molecule has 4 atom stereocenters. The van der Waals surface area contributed by atoms with Crippen molar-refractivity contribution in [2.24, 2.45) is 23.1 Å². The van der Waals surface area contributed by atoms with Gasteiger partial charge in [-0.3, -0.25) is 24.0 Å². The maximum absolute atomic E-state index is 13.9. The summed E-state index contributed by atoms with van der Waals surface area (Å²) in [7, 11) is 0. The predicted octanol–water partition coefficient (Wildman–Crippen LogP) is 1.26. The summed E-state index contributed by atoms with van der Waals surface area (Å²) in [4.78, 5) is 67.8. The highest BCUT2D eigenvalue weighted by atomic mass is 16.4. The summed E-state index contributed by atoms with van der Waals surface area (Å²) in [6, 6.07) is 5.63. The number of carboxylic acid groups (broad SMARTS) is 1. The summed E-state index contributed by atoms with van der Waals surface area (Å²) in [6.45, 7) is 4.57. The van der Waals surface area contributed by atoms with Gasteiger partial charge >= 0.3 is 5.97 Å². The monoisotopic (exact) mass is 681 g/mol. The second-order valence-electron chi connectivity index (χ2n) is 13.7. The molecule has 1 saturated heterocycles. The van der Waals surface area contributed by atoms with Crippen molar-refractivity contribution >= 4 is 29.6 Å². The first kappa shape index (κ1) is 39.4. The Kier molecular flexibility index (Phi) is 15.4. The standard InChI is InChI=1S/C36H55N7O6/c1-24(2)21-29(32(45)40-28(15-9-10-18-37)34(47)43-19-16-36(39,17-20-43)35(48)49)42-33(46)30(23-26-13-7-4-8-14-26)41-31(44)27(38)22-25-11-5-3-6-12-25/h3-7,11-13,24,27-30H,8-10,14-23,37-39H2,1-2H3,(H,40,45)(H,41,44)(H,42,46)(H,48,49)/t27-,28-,29-,30-/m1/s1. The highest BCUT2D eigenvalue weighted by molar-refractivity contribution is 5.95. The molecule has 1 aromatic rings. The average molecular weight is 682 g/mol. The molecule has 0 spiro atoms. The Bertz CT molecular complexity index is 1340.